The molecule has 0 fully saturated rings. The van der Waals surface area contributed by atoms with Crippen molar-refractivity contribution in [2.45, 2.75) is 31.2 Å². The summed E-state index contributed by atoms with van der Waals surface area (Å²) in [5.74, 6) is 0. The maximum atomic E-state index is 12.4. The number of rotatable bonds is 6. The van der Waals surface area contributed by atoms with E-state index < -0.39 is 10.0 Å². The van der Waals surface area contributed by atoms with Gasteiger partial charge in [-0.15, -0.1) is 0 Å². The van der Waals surface area contributed by atoms with Gasteiger partial charge in [0.05, 0.1) is 4.90 Å². The Labute approximate surface area is 113 Å². The molecule has 0 amide bonds. The van der Waals surface area contributed by atoms with Gasteiger partial charge in [-0.3, -0.25) is 0 Å². The molecule has 0 aliphatic carbocycles. The van der Waals surface area contributed by atoms with Crippen LogP contribution in [0.15, 0.2) is 29.2 Å². The van der Waals surface area contributed by atoms with Crippen molar-refractivity contribution in [3.8, 4) is 0 Å². The lowest BCUT2D eigenvalue weighted by Gasteiger charge is -2.25. The summed E-state index contributed by atoms with van der Waals surface area (Å²) in [6, 6.07) is 6.04. The second-order valence-corrected chi connectivity index (χ2v) is 6.57. The third-order valence-corrected chi connectivity index (χ3v) is 4.82. The van der Waals surface area contributed by atoms with E-state index in [1.54, 1.807) is 26.0 Å². The molecule has 1 N–H and O–H groups in total. The molecule has 0 heterocycles. The lowest BCUT2D eigenvalue weighted by Crippen LogP contribution is -2.38. The van der Waals surface area contributed by atoms with Crippen LogP contribution < -0.4 is 0 Å². The molecule has 0 aliphatic rings. The molecular formula is C12H18ClNO3S. The molecular weight excluding hydrogens is 274 g/mol. The van der Waals surface area contributed by atoms with Crippen LogP contribution in [0, 0.1) is 0 Å². The minimum atomic E-state index is -3.56. The van der Waals surface area contributed by atoms with Crippen molar-refractivity contribution < 1.29 is 13.5 Å². The molecule has 102 valence electrons. The Bertz CT molecular complexity index is 488. The molecule has 0 radical (unpaired) electrons. The molecule has 1 aromatic carbocycles. The summed E-state index contributed by atoms with van der Waals surface area (Å²) in [5.41, 5.74) is 0. The van der Waals surface area contributed by atoms with Gasteiger partial charge in [0.2, 0.25) is 10.0 Å². The Morgan fingerprint density at radius 3 is 2.56 bits per heavy atom. The van der Waals surface area contributed by atoms with Gasteiger partial charge < -0.3 is 5.11 Å². The summed E-state index contributed by atoms with van der Waals surface area (Å²) in [7, 11) is -3.56. The topological polar surface area (TPSA) is 57.6 Å². The molecule has 1 aromatic rings. The van der Waals surface area contributed by atoms with Crippen LogP contribution in [-0.2, 0) is 10.0 Å². The molecule has 1 rings (SSSR count). The number of benzene rings is 1. The number of sulfonamides is 1. The van der Waals surface area contributed by atoms with Crippen LogP contribution in [0.3, 0.4) is 0 Å². The van der Waals surface area contributed by atoms with E-state index in [4.69, 9.17) is 16.7 Å². The van der Waals surface area contributed by atoms with Crippen molar-refractivity contribution in [1.82, 2.24) is 4.31 Å². The molecule has 18 heavy (non-hydrogen) atoms. The summed E-state index contributed by atoms with van der Waals surface area (Å²) >= 11 is 5.82. The van der Waals surface area contributed by atoms with Gasteiger partial charge in [-0.05, 0) is 38.5 Å². The minimum Gasteiger partial charge on any atom is -0.396 e. The van der Waals surface area contributed by atoms with E-state index >= 15 is 0 Å². The molecule has 0 unspecified atom stereocenters. The van der Waals surface area contributed by atoms with Crippen LogP contribution in [-0.4, -0.2) is 37.0 Å². The zero-order chi connectivity index (χ0) is 13.8. The number of hydrogen-bond acceptors (Lipinski definition) is 3. The van der Waals surface area contributed by atoms with Gasteiger partial charge in [-0.25, -0.2) is 8.42 Å². The molecule has 6 heteroatoms. The standard InChI is InChI=1S/C12H18ClNO3S/c1-10(2)14(7-4-8-15)18(16,17)12-6-3-5-11(13)9-12/h3,5-6,9-10,15H,4,7-8H2,1-2H3. The smallest absolute Gasteiger partial charge is 0.243 e. The van der Waals surface area contributed by atoms with Gasteiger partial charge >= 0.3 is 0 Å². The predicted octanol–water partition coefficient (Wildman–Crippen LogP) is 2.12. The largest absolute Gasteiger partial charge is 0.396 e. The van der Waals surface area contributed by atoms with E-state index in [0.717, 1.165) is 0 Å². The highest BCUT2D eigenvalue weighted by Crippen LogP contribution is 2.21. The van der Waals surface area contributed by atoms with E-state index in [-0.39, 0.29) is 17.5 Å². The normalized spacial score (nSPS) is 12.3. The van der Waals surface area contributed by atoms with Crippen LogP contribution in [0.25, 0.3) is 0 Å². The quantitative estimate of drug-likeness (QED) is 0.873. The summed E-state index contributed by atoms with van der Waals surface area (Å²) in [6.07, 6.45) is 0.415. The van der Waals surface area contributed by atoms with Crippen LogP contribution in [0.2, 0.25) is 5.02 Å². The summed E-state index contributed by atoms with van der Waals surface area (Å²) in [4.78, 5) is 0.182. The zero-order valence-corrected chi connectivity index (χ0v) is 12.1. The van der Waals surface area contributed by atoms with Crippen LogP contribution in [0.4, 0.5) is 0 Å². The van der Waals surface area contributed by atoms with Crippen molar-refractivity contribution in [1.29, 1.82) is 0 Å². The molecule has 0 spiro atoms. The highest BCUT2D eigenvalue weighted by molar-refractivity contribution is 7.89. The van der Waals surface area contributed by atoms with Crippen molar-refractivity contribution in [3.63, 3.8) is 0 Å². The number of halogens is 1. The monoisotopic (exact) mass is 291 g/mol. The average Bonchev–Trinajstić information content (AvgIpc) is 2.28. The van der Waals surface area contributed by atoms with Crippen molar-refractivity contribution >= 4 is 21.6 Å². The lowest BCUT2D eigenvalue weighted by molar-refractivity contribution is 0.258. The number of nitrogens with zero attached hydrogens (tertiary/aromatic N) is 1. The fraction of sp³-hybridized carbons (Fsp3) is 0.500. The van der Waals surface area contributed by atoms with Crippen LogP contribution in [0.1, 0.15) is 20.3 Å². The maximum Gasteiger partial charge on any atom is 0.243 e. The van der Waals surface area contributed by atoms with Crippen LogP contribution in [0.5, 0.6) is 0 Å². The van der Waals surface area contributed by atoms with Gasteiger partial charge in [0.15, 0.2) is 0 Å². The summed E-state index contributed by atoms with van der Waals surface area (Å²) in [5, 5.41) is 9.23. The molecule has 0 bridgehead atoms. The first kappa shape index (κ1) is 15.4. The second-order valence-electron chi connectivity index (χ2n) is 4.24. The van der Waals surface area contributed by atoms with Gasteiger partial charge in [0.25, 0.3) is 0 Å². The Morgan fingerprint density at radius 2 is 2.06 bits per heavy atom. The maximum absolute atomic E-state index is 12.4. The van der Waals surface area contributed by atoms with Gasteiger partial charge in [0, 0.05) is 24.2 Å². The Morgan fingerprint density at radius 1 is 1.39 bits per heavy atom. The molecule has 0 aromatic heterocycles. The first-order valence-electron chi connectivity index (χ1n) is 5.78. The fourth-order valence-corrected chi connectivity index (χ4v) is 3.62. The van der Waals surface area contributed by atoms with E-state index in [1.165, 1.54) is 16.4 Å². The van der Waals surface area contributed by atoms with E-state index in [0.29, 0.717) is 18.0 Å². The molecule has 0 saturated heterocycles. The Balaban J connectivity index is 3.09. The second kappa shape index (κ2) is 6.52. The van der Waals surface area contributed by atoms with Gasteiger partial charge in [-0.1, -0.05) is 17.7 Å². The highest BCUT2D eigenvalue weighted by atomic mass is 35.5. The van der Waals surface area contributed by atoms with Gasteiger partial charge in [-0.2, -0.15) is 4.31 Å². The summed E-state index contributed by atoms with van der Waals surface area (Å²) < 4.78 is 26.2. The molecule has 0 aliphatic heterocycles. The SMILES string of the molecule is CC(C)N(CCCO)S(=O)(=O)c1cccc(Cl)c1. The molecule has 4 nitrogen and oxygen atoms in total. The fourth-order valence-electron chi connectivity index (χ4n) is 1.65. The average molecular weight is 292 g/mol. The minimum absolute atomic E-state index is 0.0334. The first-order chi connectivity index (χ1) is 8.39. The zero-order valence-electron chi connectivity index (χ0n) is 10.5. The first-order valence-corrected chi connectivity index (χ1v) is 7.59. The number of aliphatic hydroxyl groups is 1. The predicted molar refractivity (Wildman–Crippen MR) is 72.2 cm³/mol. The third kappa shape index (κ3) is 3.68. The van der Waals surface area contributed by atoms with E-state index in [9.17, 15) is 8.42 Å². The number of aliphatic hydroxyl groups excluding tert-OH is 1. The van der Waals surface area contributed by atoms with Crippen LogP contribution >= 0.6 is 11.6 Å². The van der Waals surface area contributed by atoms with Crippen molar-refractivity contribution in [2.24, 2.45) is 0 Å². The molecule has 0 saturated carbocycles. The van der Waals surface area contributed by atoms with Gasteiger partial charge in [0.1, 0.15) is 0 Å². The van der Waals surface area contributed by atoms with E-state index in [2.05, 4.69) is 0 Å². The number of hydrogen-bond donors (Lipinski definition) is 1. The third-order valence-electron chi connectivity index (χ3n) is 2.52. The molecule has 0 atom stereocenters. The Kier molecular flexibility index (Phi) is 5.59. The van der Waals surface area contributed by atoms with Crippen molar-refractivity contribution in [3.05, 3.63) is 29.3 Å². The lowest BCUT2D eigenvalue weighted by atomic mass is 10.3. The Hall–Kier alpha value is -0.620. The summed E-state index contributed by atoms with van der Waals surface area (Å²) in [6.45, 7) is 3.87. The van der Waals surface area contributed by atoms with Crippen molar-refractivity contribution in [2.75, 3.05) is 13.2 Å². The highest BCUT2D eigenvalue weighted by Gasteiger charge is 2.26. The van der Waals surface area contributed by atoms with E-state index in [1.807, 2.05) is 0 Å².